The van der Waals surface area contributed by atoms with E-state index in [4.69, 9.17) is 0 Å². The first-order valence-corrected chi connectivity index (χ1v) is 21.4. The van der Waals surface area contributed by atoms with Crippen molar-refractivity contribution in [2.75, 3.05) is 4.90 Å². The van der Waals surface area contributed by atoms with Crippen LogP contribution in [-0.2, 0) is 0 Å². The SMILES string of the molecule is Cc1cccc(N(c2ccccc2)c2ccc(-c3c4ccccc4c(-c4ccc(/C=C/c5ccc(-c6cccc7ccccc67)c6ccccc56)cc4)c4ccccc34)cc2)c1. The topological polar surface area (TPSA) is 3.24 Å². The quantitative estimate of drug-likeness (QED) is 0.109. The summed E-state index contributed by atoms with van der Waals surface area (Å²) < 4.78 is 0. The van der Waals surface area contributed by atoms with Gasteiger partial charge in [0.05, 0.1) is 0 Å². The standard InChI is InChI=1S/C61H43N/c1-42-15-13-20-50(41-42)62(48-18-3-2-4-19-48)49-38-35-47(36-39-49)61-58-26-11-9-24-56(58)60(57-25-10-12-27-59(57)61)46-33-30-43(31-34-46)29-32-45-37-40-55(53-23-8-7-22-52(45)53)54-28-14-17-44-16-5-6-21-51(44)54/h2-41H,1H3/b32-29+. The van der Waals surface area contributed by atoms with Gasteiger partial charge in [-0.15, -0.1) is 0 Å². The summed E-state index contributed by atoms with van der Waals surface area (Å²) in [5, 5.41) is 10.0. The summed E-state index contributed by atoms with van der Waals surface area (Å²) in [6.45, 7) is 2.15. The average Bonchev–Trinajstić information content (AvgIpc) is 3.33. The van der Waals surface area contributed by atoms with Crippen LogP contribution in [0.15, 0.2) is 231 Å². The van der Waals surface area contributed by atoms with Gasteiger partial charge in [0.15, 0.2) is 0 Å². The van der Waals surface area contributed by atoms with Crippen LogP contribution >= 0.6 is 0 Å². The number of hydrogen-bond donors (Lipinski definition) is 0. The minimum absolute atomic E-state index is 1.12. The molecular weight excluding hydrogens is 747 g/mol. The number of aryl methyl sites for hydroxylation is 1. The third-order valence-electron chi connectivity index (χ3n) is 12.3. The van der Waals surface area contributed by atoms with Crippen LogP contribution in [0.25, 0.3) is 88.6 Å². The normalized spacial score (nSPS) is 11.6. The van der Waals surface area contributed by atoms with Crippen molar-refractivity contribution in [3.63, 3.8) is 0 Å². The smallest absolute Gasteiger partial charge is 0.0464 e. The number of para-hydroxylation sites is 1. The fourth-order valence-corrected chi connectivity index (χ4v) is 9.43. The largest absolute Gasteiger partial charge is 0.310 e. The van der Waals surface area contributed by atoms with Crippen LogP contribution in [0.4, 0.5) is 17.1 Å². The third kappa shape index (κ3) is 6.71. The maximum atomic E-state index is 2.33. The van der Waals surface area contributed by atoms with Crippen molar-refractivity contribution in [2.24, 2.45) is 0 Å². The minimum atomic E-state index is 1.12. The van der Waals surface area contributed by atoms with Gasteiger partial charge >= 0.3 is 0 Å². The first kappa shape index (κ1) is 37.0. The highest BCUT2D eigenvalue weighted by molar-refractivity contribution is 6.21. The highest BCUT2D eigenvalue weighted by Gasteiger charge is 2.18. The fourth-order valence-electron chi connectivity index (χ4n) is 9.43. The maximum Gasteiger partial charge on any atom is 0.0464 e. The van der Waals surface area contributed by atoms with Crippen molar-refractivity contribution in [3.8, 4) is 33.4 Å². The summed E-state index contributed by atoms with van der Waals surface area (Å²) in [6, 6.07) is 83.9. The fraction of sp³-hybridized carbons (Fsp3) is 0.0164. The first-order valence-electron chi connectivity index (χ1n) is 21.4. The second kappa shape index (κ2) is 15.9. The number of fused-ring (bicyclic) bond motifs is 4. The van der Waals surface area contributed by atoms with Gasteiger partial charge in [-0.1, -0.05) is 206 Å². The molecule has 1 heteroatoms. The Bertz CT molecular complexity index is 3390. The van der Waals surface area contributed by atoms with Gasteiger partial charge in [0.25, 0.3) is 0 Å². The van der Waals surface area contributed by atoms with Gasteiger partial charge in [-0.3, -0.25) is 0 Å². The van der Waals surface area contributed by atoms with Crippen molar-refractivity contribution in [1.82, 2.24) is 0 Å². The Balaban J connectivity index is 0.950. The van der Waals surface area contributed by atoms with E-state index < -0.39 is 0 Å². The molecular formula is C61H43N. The summed E-state index contributed by atoms with van der Waals surface area (Å²) in [5.41, 5.74) is 14.4. The molecule has 0 bridgehead atoms. The second-order valence-corrected chi connectivity index (χ2v) is 16.1. The van der Waals surface area contributed by atoms with E-state index in [9.17, 15) is 0 Å². The Hall–Kier alpha value is -8.00. The highest BCUT2D eigenvalue weighted by atomic mass is 15.1. The molecule has 292 valence electrons. The summed E-state index contributed by atoms with van der Waals surface area (Å²) in [7, 11) is 0. The number of nitrogens with zero attached hydrogens (tertiary/aromatic N) is 1. The Labute approximate surface area is 363 Å². The van der Waals surface area contributed by atoms with Crippen LogP contribution in [-0.4, -0.2) is 0 Å². The zero-order chi connectivity index (χ0) is 41.4. The lowest BCUT2D eigenvalue weighted by molar-refractivity contribution is 1.27. The molecule has 0 aliphatic rings. The zero-order valence-electron chi connectivity index (χ0n) is 34.5. The van der Waals surface area contributed by atoms with Crippen LogP contribution in [0, 0.1) is 6.92 Å². The van der Waals surface area contributed by atoms with Gasteiger partial charge in [0.1, 0.15) is 0 Å². The van der Waals surface area contributed by atoms with E-state index in [0.717, 1.165) is 22.6 Å². The van der Waals surface area contributed by atoms with Crippen molar-refractivity contribution >= 4 is 72.3 Å². The molecule has 1 nitrogen and oxygen atoms in total. The van der Waals surface area contributed by atoms with Gasteiger partial charge in [0.2, 0.25) is 0 Å². The second-order valence-electron chi connectivity index (χ2n) is 16.1. The molecule has 0 radical (unpaired) electrons. The lowest BCUT2D eigenvalue weighted by Crippen LogP contribution is -2.09. The first-order chi connectivity index (χ1) is 30.7. The van der Waals surface area contributed by atoms with Crippen molar-refractivity contribution in [3.05, 3.63) is 247 Å². The van der Waals surface area contributed by atoms with Gasteiger partial charge in [-0.25, -0.2) is 0 Å². The summed E-state index contributed by atoms with van der Waals surface area (Å²) in [6.07, 6.45) is 4.50. The van der Waals surface area contributed by atoms with E-state index >= 15 is 0 Å². The molecule has 0 saturated heterocycles. The summed E-state index contributed by atoms with van der Waals surface area (Å²) >= 11 is 0. The Morgan fingerprint density at radius 1 is 0.323 bits per heavy atom. The Morgan fingerprint density at radius 3 is 1.45 bits per heavy atom. The molecule has 62 heavy (non-hydrogen) atoms. The van der Waals surface area contributed by atoms with E-state index in [1.54, 1.807) is 0 Å². The minimum Gasteiger partial charge on any atom is -0.310 e. The molecule has 0 aliphatic heterocycles. The lowest BCUT2D eigenvalue weighted by atomic mass is 9.86. The molecule has 0 spiro atoms. The molecule has 0 fully saturated rings. The number of hydrogen-bond acceptors (Lipinski definition) is 1. The van der Waals surface area contributed by atoms with Gasteiger partial charge in [-0.05, 0) is 136 Å². The molecule has 0 saturated carbocycles. The van der Waals surface area contributed by atoms with Crippen LogP contribution < -0.4 is 4.90 Å². The van der Waals surface area contributed by atoms with Crippen LogP contribution in [0.1, 0.15) is 16.7 Å². The zero-order valence-corrected chi connectivity index (χ0v) is 34.5. The number of benzene rings is 11. The molecule has 0 heterocycles. The third-order valence-corrected chi connectivity index (χ3v) is 12.3. The van der Waals surface area contributed by atoms with Crippen LogP contribution in [0.2, 0.25) is 0 Å². The summed E-state index contributed by atoms with van der Waals surface area (Å²) in [5.74, 6) is 0. The Morgan fingerprint density at radius 2 is 0.806 bits per heavy atom. The molecule has 0 aliphatic carbocycles. The van der Waals surface area contributed by atoms with Gasteiger partial charge in [-0.2, -0.15) is 0 Å². The summed E-state index contributed by atoms with van der Waals surface area (Å²) in [4.78, 5) is 2.33. The molecule has 0 aromatic heterocycles. The maximum absolute atomic E-state index is 2.33. The monoisotopic (exact) mass is 789 g/mol. The molecule has 0 N–H and O–H groups in total. The molecule has 11 rings (SSSR count). The molecule has 11 aromatic carbocycles. The van der Waals surface area contributed by atoms with Crippen molar-refractivity contribution in [2.45, 2.75) is 6.92 Å². The number of anilines is 3. The molecule has 0 atom stereocenters. The predicted molar refractivity (Wildman–Crippen MR) is 268 cm³/mol. The molecule has 0 amide bonds. The van der Waals surface area contributed by atoms with Crippen LogP contribution in [0.3, 0.4) is 0 Å². The van der Waals surface area contributed by atoms with E-state index in [0.29, 0.717) is 0 Å². The van der Waals surface area contributed by atoms with E-state index in [1.807, 2.05) is 0 Å². The van der Waals surface area contributed by atoms with E-state index in [1.165, 1.54) is 87.6 Å². The van der Waals surface area contributed by atoms with Crippen LogP contribution in [0.5, 0.6) is 0 Å². The average molecular weight is 790 g/mol. The van der Waals surface area contributed by atoms with Gasteiger partial charge in [0, 0.05) is 17.1 Å². The highest BCUT2D eigenvalue weighted by Crippen LogP contribution is 2.45. The van der Waals surface area contributed by atoms with E-state index in [-0.39, 0.29) is 0 Å². The molecule has 0 unspecified atom stereocenters. The van der Waals surface area contributed by atoms with Gasteiger partial charge < -0.3 is 4.90 Å². The van der Waals surface area contributed by atoms with Crippen molar-refractivity contribution < 1.29 is 0 Å². The lowest BCUT2D eigenvalue weighted by Gasteiger charge is -2.26. The Kier molecular flexibility index (Phi) is 9.48. The van der Waals surface area contributed by atoms with Crippen molar-refractivity contribution in [1.29, 1.82) is 0 Å². The van der Waals surface area contributed by atoms with E-state index in [2.05, 4.69) is 254 Å². The predicted octanol–water partition coefficient (Wildman–Crippen LogP) is 17.2. The molecule has 11 aromatic rings. The number of rotatable bonds is 8.